The van der Waals surface area contributed by atoms with Gasteiger partial charge in [0, 0.05) is 0 Å². The molecule has 2 atom stereocenters. The zero-order valence-electron chi connectivity index (χ0n) is 10.00. The normalized spacial score (nSPS) is 13.0. The SMILES string of the molecule is C[C@H](N)C(=O)N[C@H](CC(=O)O)c1ccccc1.Cl. The fourth-order valence-electron chi connectivity index (χ4n) is 1.42. The molecule has 0 saturated carbocycles. The highest BCUT2D eigenvalue weighted by atomic mass is 35.5. The van der Waals surface area contributed by atoms with Crippen LogP contribution in [0.15, 0.2) is 30.3 Å². The number of carbonyl (C=O) groups is 2. The number of benzene rings is 1. The molecule has 0 aliphatic rings. The van der Waals surface area contributed by atoms with Crippen molar-refractivity contribution in [3.63, 3.8) is 0 Å². The smallest absolute Gasteiger partial charge is 0.305 e. The molecule has 100 valence electrons. The summed E-state index contributed by atoms with van der Waals surface area (Å²) in [6, 6.07) is 7.76. The predicted octanol–water partition coefficient (Wildman–Crippen LogP) is 1.09. The van der Waals surface area contributed by atoms with Crippen LogP contribution in [0.3, 0.4) is 0 Å². The van der Waals surface area contributed by atoms with Crippen molar-refractivity contribution in [3.8, 4) is 0 Å². The zero-order valence-corrected chi connectivity index (χ0v) is 10.8. The van der Waals surface area contributed by atoms with Gasteiger partial charge in [0.25, 0.3) is 0 Å². The maximum atomic E-state index is 11.5. The Morgan fingerprint density at radius 1 is 1.33 bits per heavy atom. The monoisotopic (exact) mass is 272 g/mol. The summed E-state index contributed by atoms with van der Waals surface area (Å²) in [7, 11) is 0. The van der Waals surface area contributed by atoms with Gasteiger partial charge in [0.15, 0.2) is 0 Å². The number of carboxylic acids is 1. The van der Waals surface area contributed by atoms with Gasteiger partial charge in [0.2, 0.25) is 5.91 Å². The minimum absolute atomic E-state index is 0. The van der Waals surface area contributed by atoms with Gasteiger partial charge in [-0.05, 0) is 12.5 Å². The number of nitrogens with two attached hydrogens (primary N) is 1. The summed E-state index contributed by atoms with van der Waals surface area (Å²) in [6.45, 7) is 1.55. The number of hydrogen-bond donors (Lipinski definition) is 3. The average Bonchev–Trinajstić information content (AvgIpc) is 2.28. The first kappa shape index (κ1) is 16.4. The molecule has 0 radical (unpaired) electrons. The van der Waals surface area contributed by atoms with Crippen LogP contribution in [0.25, 0.3) is 0 Å². The van der Waals surface area contributed by atoms with Crippen molar-refractivity contribution in [3.05, 3.63) is 35.9 Å². The minimum Gasteiger partial charge on any atom is -0.481 e. The van der Waals surface area contributed by atoms with Crippen LogP contribution in [0.5, 0.6) is 0 Å². The van der Waals surface area contributed by atoms with Crippen LogP contribution < -0.4 is 11.1 Å². The molecule has 0 heterocycles. The molecule has 1 aromatic carbocycles. The quantitative estimate of drug-likeness (QED) is 0.748. The number of halogens is 1. The predicted molar refractivity (Wildman–Crippen MR) is 70.5 cm³/mol. The first-order valence-electron chi connectivity index (χ1n) is 5.33. The number of carbonyl (C=O) groups excluding carboxylic acids is 1. The molecule has 0 saturated heterocycles. The van der Waals surface area contributed by atoms with E-state index in [1.807, 2.05) is 6.07 Å². The lowest BCUT2D eigenvalue weighted by Crippen LogP contribution is -2.40. The molecule has 1 rings (SSSR count). The van der Waals surface area contributed by atoms with E-state index in [0.717, 1.165) is 5.56 Å². The number of aliphatic carboxylic acids is 1. The lowest BCUT2D eigenvalue weighted by atomic mass is 10.0. The Balaban J connectivity index is 0.00000289. The van der Waals surface area contributed by atoms with Gasteiger partial charge in [-0.25, -0.2) is 0 Å². The fourth-order valence-corrected chi connectivity index (χ4v) is 1.42. The van der Waals surface area contributed by atoms with Gasteiger partial charge in [0.05, 0.1) is 18.5 Å². The molecular weight excluding hydrogens is 256 g/mol. The van der Waals surface area contributed by atoms with Crippen molar-refractivity contribution >= 4 is 24.3 Å². The molecular formula is C12H17ClN2O3. The Morgan fingerprint density at radius 3 is 2.33 bits per heavy atom. The third-order valence-corrected chi connectivity index (χ3v) is 2.31. The number of amides is 1. The Morgan fingerprint density at radius 2 is 1.89 bits per heavy atom. The third-order valence-electron chi connectivity index (χ3n) is 2.31. The van der Waals surface area contributed by atoms with Crippen molar-refractivity contribution in [2.24, 2.45) is 5.73 Å². The number of nitrogens with one attached hydrogen (secondary N) is 1. The highest BCUT2D eigenvalue weighted by Crippen LogP contribution is 2.16. The molecule has 1 aromatic rings. The molecule has 5 nitrogen and oxygen atoms in total. The molecule has 0 aromatic heterocycles. The lowest BCUT2D eigenvalue weighted by molar-refractivity contribution is -0.137. The minimum atomic E-state index is -0.969. The molecule has 0 bridgehead atoms. The maximum Gasteiger partial charge on any atom is 0.305 e. The number of carboxylic acid groups (broad SMARTS) is 1. The van der Waals surface area contributed by atoms with E-state index in [2.05, 4.69) is 5.32 Å². The summed E-state index contributed by atoms with van der Waals surface area (Å²) in [6.07, 6.45) is -0.164. The first-order chi connectivity index (χ1) is 8.00. The van der Waals surface area contributed by atoms with E-state index in [1.165, 1.54) is 0 Å². The highest BCUT2D eigenvalue weighted by Gasteiger charge is 2.19. The van der Waals surface area contributed by atoms with Crippen LogP contribution >= 0.6 is 12.4 Å². The van der Waals surface area contributed by atoms with Crippen LogP contribution in [0.4, 0.5) is 0 Å². The Bertz CT molecular complexity index is 396. The maximum absolute atomic E-state index is 11.5. The average molecular weight is 273 g/mol. The van der Waals surface area contributed by atoms with Crippen LogP contribution in [-0.4, -0.2) is 23.0 Å². The number of rotatable bonds is 5. The Hall–Kier alpha value is -1.59. The Kier molecular flexibility index (Phi) is 7.00. The topological polar surface area (TPSA) is 92.4 Å². The van der Waals surface area contributed by atoms with Crippen molar-refractivity contribution in [1.82, 2.24) is 5.32 Å². The summed E-state index contributed by atoms with van der Waals surface area (Å²) < 4.78 is 0. The third kappa shape index (κ3) is 5.16. The van der Waals surface area contributed by atoms with E-state index in [0.29, 0.717) is 0 Å². The first-order valence-corrected chi connectivity index (χ1v) is 5.33. The molecule has 0 unspecified atom stereocenters. The second kappa shape index (κ2) is 7.68. The summed E-state index contributed by atoms with van der Waals surface area (Å²) in [5.74, 6) is -1.33. The van der Waals surface area contributed by atoms with Crippen LogP contribution in [-0.2, 0) is 9.59 Å². The van der Waals surface area contributed by atoms with Gasteiger partial charge in [-0.15, -0.1) is 12.4 Å². The van der Waals surface area contributed by atoms with Gasteiger partial charge in [-0.2, -0.15) is 0 Å². The van der Waals surface area contributed by atoms with Gasteiger partial charge in [0.1, 0.15) is 0 Å². The summed E-state index contributed by atoms with van der Waals surface area (Å²) >= 11 is 0. The van der Waals surface area contributed by atoms with E-state index >= 15 is 0 Å². The second-order valence-corrected chi connectivity index (χ2v) is 3.86. The van der Waals surface area contributed by atoms with Crippen LogP contribution in [0.2, 0.25) is 0 Å². The van der Waals surface area contributed by atoms with Gasteiger partial charge >= 0.3 is 5.97 Å². The van der Waals surface area contributed by atoms with Crippen LogP contribution in [0, 0.1) is 0 Å². The summed E-state index contributed by atoms with van der Waals surface area (Å²) in [4.78, 5) is 22.2. The van der Waals surface area contributed by atoms with E-state index < -0.39 is 18.1 Å². The van der Waals surface area contributed by atoms with Gasteiger partial charge in [-0.3, -0.25) is 9.59 Å². The molecule has 0 aliphatic carbocycles. The molecule has 0 fully saturated rings. The summed E-state index contributed by atoms with van der Waals surface area (Å²) in [5, 5.41) is 11.4. The molecule has 0 aliphatic heterocycles. The molecule has 4 N–H and O–H groups in total. The van der Waals surface area contributed by atoms with Crippen molar-refractivity contribution in [1.29, 1.82) is 0 Å². The van der Waals surface area contributed by atoms with E-state index in [-0.39, 0.29) is 24.7 Å². The second-order valence-electron chi connectivity index (χ2n) is 3.86. The Labute approximate surface area is 112 Å². The standard InChI is InChI=1S/C12H16N2O3.ClH/c1-8(13)12(17)14-10(7-11(15)16)9-5-3-2-4-6-9;/h2-6,8,10H,7,13H2,1H3,(H,14,17)(H,15,16);1H/t8-,10+;/m0./s1. The van der Waals surface area contributed by atoms with Crippen molar-refractivity contribution < 1.29 is 14.7 Å². The summed E-state index contributed by atoms with van der Waals surface area (Å²) in [5.41, 5.74) is 6.19. The van der Waals surface area contributed by atoms with Crippen molar-refractivity contribution in [2.45, 2.75) is 25.4 Å². The zero-order chi connectivity index (χ0) is 12.8. The number of hydrogen-bond acceptors (Lipinski definition) is 3. The largest absolute Gasteiger partial charge is 0.481 e. The lowest BCUT2D eigenvalue weighted by Gasteiger charge is -2.18. The highest BCUT2D eigenvalue weighted by molar-refractivity contribution is 5.85. The van der Waals surface area contributed by atoms with Gasteiger partial charge in [-0.1, -0.05) is 30.3 Å². The molecule has 1 amide bonds. The molecule has 0 spiro atoms. The fraction of sp³-hybridized carbons (Fsp3) is 0.333. The van der Waals surface area contributed by atoms with E-state index in [4.69, 9.17) is 10.8 Å². The van der Waals surface area contributed by atoms with Crippen molar-refractivity contribution in [2.75, 3.05) is 0 Å². The van der Waals surface area contributed by atoms with Gasteiger partial charge < -0.3 is 16.2 Å². The van der Waals surface area contributed by atoms with Crippen LogP contribution in [0.1, 0.15) is 24.9 Å². The van der Waals surface area contributed by atoms with E-state index in [1.54, 1.807) is 31.2 Å². The van der Waals surface area contributed by atoms with E-state index in [9.17, 15) is 9.59 Å². The molecule has 6 heteroatoms. The molecule has 18 heavy (non-hydrogen) atoms.